The molecule has 0 aliphatic rings. The molecule has 1 N–H and O–H groups in total. The molecule has 0 fully saturated rings. The summed E-state index contributed by atoms with van der Waals surface area (Å²) in [5, 5.41) is 2.44. The van der Waals surface area contributed by atoms with Gasteiger partial charge in [0.15, 0.2) is 17.6 Å². The number of carbonyl (C=O) groups is 2. The molecule has 0 unspecified atom stereocenters. The lowest BCUT2D eigenvalue weighted by Crippen LogP contribution is -2.32. The molecule has 0 bridgehead atoms. The first kappa shape index (κ1) is 23.5. The monoisotopic (exact) mass is 451 g/mol. The van der Waals surface area contributed by atoms with Gasteiger partial charge < -0.3 is 14.6 Å². The first-order valence-electron chi connectivity index (χ1n) is 10.0. The van der Waals surface area contributed by atoms with Gasteiger partial charge in [-0.1, -0.05) is 36.4 Å². The van der Waals surface area contributed by atoms with Gasteiger partial charge in [-0.25, -0.2) is 8.78 Å². The molecule has 0 atom stereocenters. The Morgan fingerprint density at radius 2 is 1.88 bits per heavy atom. The summed E-state index contributed by atoms with van der Waals surface area (Å²) in [4.78, 5) is 38.2. The molecule has 0 spiro atoms. The number of rotatable bonds is 9. The molecular weight excluding hydrogens is 430 g/mol. The Morgan fingerprint density at radius 1 is 1.15 bits per heavy atom. The van der Waals surface area contributed by atoms with Crippen LogP contribution in [0.1, 0.15) is 38.9 Å². The average molecular weight is 451 g/mol. The van der Waals surface area contributed by atoms with Crippen LogP contribution >= 0.6 is 0 Å². The third-order valence-electron chi connectivity index (χ3n) is 4.80. The van der Waals surface area contributed by atoms with Gasteiger partial charge in [0.05, 0.1) is 6.54 Å². The number of ether oxygens (including phenoxy) is 1. The quantitative estimate of drug-likeness (QED) is 0.396. The summed E-state index contributed by atoms with van der Waals surface area (Å²) in [6.07, 6.45) is 2.46. The maximum absolute atomic E-state index is 13.9. The molecule has 1 aromatic heterocycles. The minimum atomic E-state index is -0.829. The topological polar surface area (TPSA) is 77.4 Å². The lowest BCUT2D eigenvalue weighted by molar-refractivity contribution is 0.0943. The minimum Gasteiger partial charge on any atom is -0.483 e. The Bertz CT molecular complexity index is 1250. The Hall–Kier alpha value is -4.16. The number of ketones is 1. The number of hydrogen-bond donors (Lipinski definition) is 1. The van der Waals surface area contributed by atoms with Gasteiger partial charge in [0.2, 0.25) is 12.0 Å². The highest BCUT2D eigenvalue weighted by Crippen LogP contribution is 2.19. The van der Waals surface area contributed by atoms with Crippen LogP contribution in [0.2, 0.25) is 0 Å². The Balaban J connectivity index is 1.96. The summed E-state index contributed by atoms with van der Waals surface area (Å²) in [6.45, 7) is 6.55. The maximum atomic E-state index is 13.9. The zero-order valence-electron chi connectivity index (χ0n) is 17.8. The van der Waals surface area contributed by atoms with E-state index in [1.165, 1.54) is 29.8 Å². The predicted octanol–water partition coefficient (Wildman–Crippen LogP) is 3.83. The van der Waals surface area contributed by atoms with Crippen molar-refractivity contribution in [3.63, 3.8) is 0 Å². The standard InChI is InChI=1S/C25H20F2N2O4/c1-3-11-29-14-20(25(32)28-13-18-9-10-19(26)12-21(18)27)23(31)24(22(29)16(2)30)33-15-17-7-5-4-6-8-17/h1,3-10,12,14H,11,13,15H2,2H3/p+1. The van der Waals surface area contributed by atoms with Gasteiger partial charge in [-0.05, 0) is 11.6 Å². The van der Waals surface area contributed by atoms with E-state index in [0.717, 1.165) is 11.6 Å². The van der Waals surface area contributed by atoms with E-state index in [1.54, 1.807) is 24.3 Å². The van der Waals surface area contributed by atoms with Crippen LogP contribution in [-0.4, -0.2) is 16.3 Å². The number of hydrogen-bond acceptors (Lipinski definition) is 4. The fourth-order valence-electron chi connectivity index (χ4n) is 3.22. The van der Waals surface area contributed by atoms with E-state index in [4.69, 9.17) is 11.3 Å². The largest absolute Gasteiger partial charge is 0.483 e. The molecule has 1 heterocycles. The van der Waals surface area contributed by atoms with Crippen molar-refractivity contribution in [2.24, 2.45) is 0 Å². The third-order valence-corrected chi connectivity index (χ3v) is 4.80. The molecule has 0 aliphatic carbocycles. The van der Waals surface area contributed by atoms with Crippen LogP contribution in [-0.2, 0) is 19.7 Å². The normalized spacial score (nSPS) is 10.5. The minimum absolute atomic E-state index is 0.00539. The number of allylic oxidation sites excluding steroid dienone is 1. The SMILES string of the molecule is [CH+]=CCn1cc(C(=O)NCc2ccc(F)cc2F)c(=O)c(OCc2ccccc2)c1C(C)=O. The number of aromatic nitrogens is 1. The van der Waals surface area contributed by atoms with Crippen molar-refractivity contribution < 1.29 is 23.1 Å². The first-order chi connectivity index (χ1) is 15.8. The van der Waals surface area contributed by atoms with Crippen LogP contribution in [0.5, 0.6) is 5.75 Å². The maximum Gasteiger partial charge on any atom is 0.257 e. The fourth-order valence-corrected chi connectivity index (χ4v) is 3.22. The second kappa shape index (κ2) is 10.4. The number of Topliss-reactive ketones (excluding diaryl/α,β-unsaturated/α-hetero) is 1. The van der Waals surface area contributed by atoms with Crippen molar-refractivity contribution in [2.75, 3.05) is 0 Å². The lowest BCUT2D eigenvalue weighted by atomic mass is 10.1. The number of nitrogens with one attached hydrogen (secondary N) is 1. The van der Waals surface area contributed by atoms with E-state index in [2.05, 4.69) is 5.32 Å². The molecule has 168 valence electrons. The molecule has 8 heteroatoms. The van der Waals surface area contributed by atoms with Crippen molar-refractivity contribution in [1.82, 2.24) is 9.88 Å². The van der Waals surface area contributed by atoms with Crippen LogP contribution < -0.4 is 15.5 Å². The Kier molecular flexibility index (Phi) is 7.43. The highest BCUT2D eigenvalue weighted by Gasteiger charge is 2.24. The number of pyridine rings is 1. The molecule has 33 heavy (non-hydrogen) atoms. The van der Waals surface area contributed by atoms with Crippen molar-refractivity contribution in [2.45, 2.75) is 26.6 Å². The second-order valence-corrected chi connectivity index (χ2v) is 7.19. The molecular formula is C25H21F2N2O4+. The molecule has 3 aromatic rings. The van der Waals surface area contributed by atoms with E-state index < -0.39 is 28.8 Å². The van der Waals surface area contributed by atoms with Crippen molar-refractivity contribution >= 4 is 11.7 Å². The molecule has 6 nitrogen and oxygen atoms in total. The van der Waals surface area contributed by atoms with Crippen LogP contribution in [0.3, 0.4) is 0 Å². The van der Waals surface area contributed by atoms with E-state index in [-0.39, 0.29) is 42.3 Å². The van der Waals surface area contributed by atoms with E-state index in [1.807, 2.05) is 6.07 Å². The van der Waals surface area contributed by atoms with Gasteiger partial charge in [-0.3, -0.25) is 14.4 Å². The van der Waals surface area contributed by atoms with Gasteiger partial charge in [0.1, 0.15) is 29.5 Å². The smallest absolute Gasteiger partial charge is 0.257 e. The summed E-state index contributed by atoms with van der Waals surface area (Å²) >= 11 is 0. The zero-order valence-corrected chi connectivity index (χ0v) is 17.8. The molecule has 0 radical (unpaired) electrons. The van der Waals surface area contributed by atoms with Gasteiger partial charge in [0, 0.05) is 31.3 Å². The van der Waals surface area contributed by atoms with Crippen LogP contribution in [0.25, 0.3) is 0 Å². The van der Waals surface area contributed by atoms with Crippen molar-refractivity contribution in [1.29, 1.82) is 0 Å². The van der Waals surface area contributed by atoms with E-state index in [0.29, 0.717) is 6.07 Å². The first-order valence-corrected chi connectivity index (χ1v) is 10.0. The van der Waals surface area contributed by atoms with Gasteiger partial charge in [-0.15, -0.1) is 0 Å². The highest BCUT2D eigenvalue weighted by molar-refractivity contribution is 5.98. The van der Waals surface area contributed by atoms with E-state index >= 15 is 0 Å². The summed E-state index contributed by atoms with van der Waals surface area (Å²) in [6, 6.07) is 11.9. The zero-order chi connectivity index (χ0) is 24.0. The summed E-state index contributed by atoms with van der Waals surface area (Å²) < 4.78 is 34.0. The van der Waals surface area contributed by atoms with Crippen LogP contribution in [0, 0.1) is 18.2 Å². The predicted molar refractivity (Wildman–Crippen MR) is 118 cm³/mol. The van der Waals surface area contributed by atoms with Gasteiger partial charge in [0.25, 0.3) is 5.91 Å². The van der Waals surface area contributed by atoms with Crippen molar-refractivity contribution in [3.05, 3.63) is 112 Å². The van der Waals surface area contributed by atoms with Crippen LogP contribution in [0.4, 0.5) is 8.78 Å². The molecule has 2 aromatic carbocycles. The average Bonchev–Trinajstić information content (AvgIpc) is 2.78. The Morgan fingerprint density at radius 3 is 2.52 bits per heavy atom. The highest BCUT2D eigenvalue weighted by atomic mass is 19.1. The number of nitrogens with zero attached hydrogens (tertiary/aromatic N) is 1. The van der Waals surface area contributed by atoms with E-state index in [9.17, 15) is 23.2 Å². The Labute approximate surface area is 189 Å². The molecule has 1 amide bonds. The number of amides is 1. The van der Waals surface area contributed by atoms with Crippen LogP contribution in [0.15, 0.2) is 65.6 Å². The van der Waals surface area contributed by atoms with Gasteiger partial charge >= 0.3 is 0 Å². The number of benzene rings is 2. The summed E-state index contributed by atoms with van der Waals surface area (Å²) in [5.41, 5.74) is -0.334. The lowest BCUT2D eigenvalue weighted by Gasteiger charge is -2.16. The third kappa shape index (κ3) is 5.56. The summed E-state index contributed by atoms with van der Waals surface area (Å²) in [5.74, 6) is -3.12. The number of halogens is 2. The van der Waals surface area contributed by atoms with Gasteiger partial charge in [-0.2, -0.15) is 0 Å². The van der Waals surface area contributed by atoms with Crippen molar-refractivity contribution in [3.8, 4) is 5.75 Å². The summed E-state index contributed by atoms with van der Waals surface area (Å²) in [7, 11) is 0. The molecule has 0 aliphatic heterocycles. The number of carbonyl (C=O) groups excluding carboxylic acids is 2. The molecule has 0 saturated heterocycles. The molecule has 3 rings (SSSR count). The fraction of sp³-hybridized carbons (Fsp3) is 0.160. The second-order valence-electron chi connectivity index (χ2n) is 7.19. The molecule has 0 saturated carbocycles.